The van der Waals surface area contributed by atoms with Crippen LogP contribution in [0.4, 0.5) is 0 Å². The molecule has 0 fully saturated rings. The van der Waals surface area contributed by atoms with Gasteiger partial charge in [0, 0.05) is 0 Å². The Balaban J connectivity index is 3.95. The fourth-order valence-corrected chi connectivity index (χ4v) is 0.469. The van der Waals surface area contributed by atoms with E-state index < -0.39 is 11.9 Å². The van der Waals surface area contributed by atoms with Gasteiger partial charge in [0.15, 0.2) is 0 Å². The largest absolute Gasteiger partial charge is 0.480 e. The van der Waals surface area contributed by atoms with Crippen molar-refractivity contribution < 1.29 is 14.7 Å². The number of carboxylic acid groups (broad SMARTS) is 1. The lowest BCUT2D eigenvalue weighted by molar-refractivity contribution is -0.141. The van der Waals surface area contributed by atoms with Crippen LogP contribution in [-0.2, 0) is 9.59 Å². The summed E-state index contributed by atoms with van der Waals surface area (Å²) in [7, 11) is 0. The molecule has 0 spiro atoms. The van der Waals surface area contributed by atoms with Crippen LogP contribution in [0.15, 0.2) is 12.2 Å². The van der Waals surface area contributed by atoms with Gasteiger partial charge in [-0.05, 0) is 6.42 Å². The van der Waals surface area contributed by atoms with Gasteiger partial charge in [0.2, 0.25) is 0 Å². The molecule has 0 aliphatic carbocycles. The SMILES string of the molecule is CCC=CC(C=O)C(=O)O. The number of carboxylic acids is 1. The first-order valence-electron chi connectivity index (χ1n) is 3.07. The Morgan fingerprint density at radius 1 is 1.70 bits per heavy atom. The molecule has 3 heteroatoms. The molecule has 0 saturated heterocycles. The summed E-state index contributed by atoms with van der Waals surface area (Å²) >= 11 is 0. The molecule has 1 N–H and O–H groups in total. The number of aldehydes is 1. The molecule has 0 aliphatic heterocycles. The van der Waals surface area contributed by atoms with E-state index in [1.807, 2.05) is 6.92 Å². The minimum atomic E-state index is -1.10. The van der Waals surface area contributed by atoms with Crippen molar-refractivity contribution in [3.8, 4) is 0 Å². The van der Waals surface area contributed by atoms with E-state index in [4.69, 9.17) is 5.11 Å². The number of hydrogen-bond donors (Lipinski definition) is 1. The maximum atomic E-state index is 10.2. The third kappa shape index (κ3) is 3.02. The molecule has 0 aromatic carbocycles. The molecular weight excluding hydrogens is 132 g/mol. The maximum Gasteiger partial charge on any atom is 0.317 e. The van der Waals surface area contributed by atoms with E-state index in [9.17, 15) is 9.59 Å². The summed E-state index contributed by atoms with van der Waals surface area (Å²) in [4.78, 5) is 20.2. The van der Waals surface area contributed by atoms with Crippen molar-refractivity contribution in [2.24, 2.45) is 5.92 Å². The van der Waals surface area contributed by atoms with E-state index in [2.05, 4.69) is 0 Å². The molecule has 1 unspecified atom stereocenters. The van der Waals surface area contributed by atoms with Crippen molar-refractivity contribution in [3.63, 3.8) is 0 Å². The molecule has 0 amide bonds. The summed E-state index contributed by atoms with van der Waals surface area (Å²) < 4.78 is 0. The van der Waals surface area contributed by atoms with E-state index >= 15 is 0 Å². The fraction of sp³-hybridized carbons (Fsp3) is 0.429. The van der Waals surface area contributed by atoms with Gasteiger partial charge >= 0.3 is 5.97 Å². The van der Waals surface area contributed by atoms with Crippen LogP contribution in [0.3, 0.4) is 0 Å². The van der Waals surface area contributed by atoms with Crippen molar-refractivity contribution in [1.82, 2.24) is 0 Å². The normalized spacial score (nSPS) is 13.3. The zero-order valence-electron chi connectivity index (χ0n) is 5.78. The van der Waals surface area contributed by atoms with Gasteiger partial charge in [-0.3, -0.25) is 4.79 Å². The van der Waals surface area contributed by atoms with E-state index in [0.717, 1.165) is 6.42 Å². The van der Waals surface area contributed by atoms with Gasteiger partial charge in [-0.25, -0.2) is 0 Å². The van der Waals surface area contributed by atoms with Crippen molar-refractivity contribution in [2.45, 2.75) is 13.3 Å². The smallest absolute Gasteiger partial charge is 0.317 e. The van der Waals surface area contributed by atoms with Crippen LogP contribution in [0.2, 0.25) is 0 Å². The van der Waals surface area contributed by atoms with E-state index in [-0.39, 0.29) is 0 Å². The molecule has 0 saturated carbocycles. The number of allylic oxidation sites excluding steroid dienone is 1. The minimum absolute atomic E-state index is 0.411. The fourth-order valence-electron chi connectivity index (χ4n) is 0.469. The zero-order chi connectivity index (χ0) is 7.98. The van der Waals surface area contributed by atoms with E-state index in [0.29, 0.717) is 6.29 Å². The van der Waals surface area contributed by atoms with Crippen LogP contribution in [0.1, 0.15) is 13.3 Å². The molecule has 3 nitrogen and oxygen atoms in total. The van der Waals surface area contributed by atoms with Gasteiger partial charge in [-0.2, -0.15) is 0 Å². The Morgan fingerprint density at radius 3 is 2.60 bits per heavy atom. The van der Waals surface area contributed by atoms with E-state index in [1.165, 1.54) is 6.08 Å². The second kappa shape index (κ2) is 4.73. The molecule has 0 bridgehead atoms. The highest BCUT2D eigenvalue weighted by Gasteiger charge is 2.10. The summed E-state index contributed by atoms with van der Waals surface area (Å²) in [6.07, 6.45) is 4.20. The van der Waals surface area contributed by atoms with Crippen LogP contribution in [-0.4, -0.2) is 17.4 Å². The topological polar surface area (TPSA) is 54.4 Å². The second-order valence-electron chi connectivity index (χ2n) is 1.84. The van der Waals surface area contributed by atoms with Crippen LogP contribution in [0, 0.1) is 5.92 Å². The monoisotopic (exact) mass is 142 g/mol. The highest BCUT2D eigenvalue weighted by atomic mass is 16.4. The predicted octanol–water partition coefficient (Wildman–Crippen LogP) is 0.852. The summed E-state index contributed by atoms with van der Waals surface area (Å²) in [5.74, 6) is -2.07. The average molecular weight is 142 g/mol. The van der Waals surface area contributed by atoms with Crippen LogP contribution < -0.4 is 0 Å². The first kappa shape index (κ1) is 8.88. The highest BCUT2D eigenvalue weighted by molar-refractivity contribution is 5.88. The quantitative estimate of drug-likeness (QED) is 0.359. The minimum Gasteiger partial charge on any atom is -0.480 e. The van der Waals surface area contributed by atoms with Crippen LogP contribution in [0.25, 0.3) is 0 Å². The van der Waals surface area contributed by atoms with Crippen molar-refractivity contribution in [1.29, 1.82) is 0 Å². The molecule has 0 aliphatic rings. The van der Waals surface area contributed by atoms with Gasteiger partial charge in [-0.1, -0.05) is 19.1 Å². The lowest BCUT2D eigenvalue weighted by atomic mass is 10.1. The summed E-state index contributed by atoms with van der Waals surface area (Å²) in [5.41, 5.74) is 0. The van der Waals surface area contributed by atoms with Crippen molar-refractivity contribution >= 4 is 12.3 Å². The zero-order valence-corrected chi connectivity index (χ0v) is 5.78. The van der Waals surface area contributed by atoms with Crippen LogP contribution in [0.5, 0.6) is 0 Å². The molecule has 56 valence electrons. The summed E-state index contributed by atoms with van der Waals surface area (Å²) in [6, 6.07) is 0. The number of carbonyl (C=O) groups excluding carboxylic acids is 1. The van der Waals surface area contributed by atoms with Crippen molar-refractivity contribution in [2.75, 3.05) is 0 Å². The third-order valence-corrected chi connectivity index (χ3v) is 1.01. The van der Waals surface area contributed by atoms with Gasteiger partial charge in [0.1, 0.15) is 12.2 Å². The number of carbonyl (C=O) groups is 2. The standard InChI is InChI=1S/C7H10O3/c1-2-3-4-6(5-8)7(9)10/h3-6H,2H2,1H3,(H,9,10). The second-order valence-corrected chi connectivity index (χ2v) is 1.84. The number of aliphatic carboxylic acids is 1. The Kier molecular flexibility index (Phi) is 4.20. The molecule has 1 atom stereocenters. The Hall–Kier alpha value is -1.12. The van der Waals surface area contributed by atoms with Gasteiger partial charge < -0.3 is 9.90 Å². The molecule has 10 heavy (non-hydrogen) atoms. The molecule has 0 radical (unpaired) electrons. The molecule has 0 heterocycles. The van der Waals surface area contributed by atoms with Gasteiger partial charge in [0.25, 0.3) is 0 Å². The number of hydrogen-bond acceptors (Lipinski definition) is 2. The Bertz CT molecular complexity index is 149. The third-order valence-electron chi connectivity index (χ3n) is 1.01. The first-order chi connectivity index (χ1) is 4.72. The summed E-state index contributed by atoms with van der Waals surface area (Å²) in [5, 5.41) is 8.32. The first-order valence-corrected chi connectivity index (χ1v) is 3.07. The van der Waals surface area contributed by atoms with Gasteiger partial charge in [0.05, 0.1) is 0 Å². The molecule has 0 rings (SSSR count). The lowest BCUT2D eigenvalue weighted by Crippen LogP contribution is -2.11. The lowest BCUT2D eigenvalue weighted by Gasteiger charge is -1.93. The highest BCUT2D eigenvalue weighted by Crippen LogP contribution is 1.95. The maximum absolute atomic E-state index is 10.2. The number of rotatable bonds is 4. The Morgan fingerprint density at radius 2 is 2.30 bits per heavy atom. The van der Waals surface area contributed by atoms with Crippen molar-refractivity contribution in [3.05, 3.63) is 12.2 Å². The summed E-state index contributed by atoms with van der Waals surface area (Å²) in [6.45, 7) is 1.88. The van der Waals surface area contributed by atoms with Crippen LogP contribution >= 0.6 is 0 Å². The Labute approximate surface area is 59.4 Å². The van der Waals surface area contributed by atoms with E-state index in [1.54, 1.807) is 6.08 Å². The van der Waals surface area contributed by atoms with Gasteiger partial charge in [-0.15, -0.1) is 0 Å². The molecule has 0 aromatic heterocycles. The predicted molar refractivity (Wildman–Crippen MR) is 36.6 cm³/mol. The molecular formula is C7H10O3. The molecule has 0 aromatic rings. The average Bonchev–Trinajstić information content (AvgIpc) is 1.89.